The maximum atomic E-state index is 11.1. The zero-order valence-electron chi connectivity index (χ0n) is 10.4. The molecule has 0 aliphatic rings. The van der Waals surface area contributed by atoms with Crippen LogP contribution in [0.4, 0.5) is 0 Å². The van der Waals surface area contributed by atoms with Gasteiger partial charge >= 0.3 is 5.97 Å². The molecule has 0 aliphatic heterocycles. The molecule has 100 valence electrons. The Morgan fingerprint density at radius 3 is 2.79 bits per heavy atom. The third-order valence-corrected chi connectivity index (χ3v) is 3.95. The van der Waals surface area contributed by atoms with Gasteiger partial charge in [0.15, 0.2) is 5.75 Å². The summed E-state index contributed by atoms with van der Waals surface area (Å²) in [6.45, 7) is 4.12. The number of carboxylic acid groups (broad SMARTS) is 1. The average Bonchev–Trinajstić information content (AvgIpc) is 2.67. The van der Waals surface area contributed by atoms with E-state index in [1.165, 1.54) is 17.4 Å². The van der Waals surface area contributed by atoms with Gasteiger partial charge in [0.1, 0.15) is 17.2 Å². The average molecular weight is 298 g/mol. The van der Waals surface area contributed by atoms with Gasteiger partial charge in [0.25, 0.3) is 0 Å². The highest BCUT2D eigenvalue weighted by Crippen LogP contribution is 2.30. The molecule has 4 nitrogen and oxygen atoms in total. The molecule has 2 aromatic rings. The van der Waals surface area contributed by atoms with Crippen LogP contribution in [0.15, 0.2) is 18.2 Å². The van der Waals surface area contributed by atoms with Gasteiger partial charge in [-0.25, -0.2) is 9.78 Å². The maximum absolute atomic E-state index is 11.1. The quantitative estimate of drug-likeness (QED) is 0.935. The zero-order chi connectivity index (χ0) is 14.0. The Hall–Kier alpha value is -1.59. The van der Waals surface area contributed by atoms with Crippen molar-refractivity contribution in [3.8, 4) is 5.75 Å². The van der Waals surface area contributed by atoms with Crippen molar-refractivity contribution in [2.75, 3.05) is 0 Å². The molecule has 0 unspecified atom stereocenters. The molecule has 0 amide bonds. The molecule has 0 fully saturated rings. The van der Waals surface area contributed by atoms with Gasteiger partial charge in [-0.3, -0.25) is 0 Å². The molecule has 1 N–H and O–H groups in total. The van der Waals surface area contributed by atoms with Crippen molar-refractivity contribution in [3.63, 3.8) is 0 Å². The van der Waals surface area contributed by atoms with Crippen LogP contribution in [0.25, 0.3) is 0 Å². The van der Waals surface area contributed by atoms with Crippen molar-refractivity contribution in [2.24, 2.45) is 0 Å². The van der Waals surface area contributed by atoms with E-state index < -0.39 is 5.97 Å². The lowest BCUT2D eigenvalue weighted by atomic mass is 10.2. The summed E-state index contributed by atoms with van der Waals surface area (Å²) in [7, 11) is 0. The topological polar surface area (TPSA) is 59.4 Å². The van der Waals surface area contributed by atoms with Crippen LogP contribution in [0.2, 0.25) is 5.02 Å². The second-order valence-electron chi connectivity index (χ2n) is 3.96. The molecule has 0 aliphatic carbocycles. The molecule has 0 atom stereocenters. The zero-order valence-corrected chi connectivity index (χ0v) is 12.0. The Kier molecular flexibility index (Phi) is 4.07. The summed E-state index contributed by atoms with van der Waals surface area (Å²) < 4.78 is 5.52. The Morgan fingerprint density at radius 1 is 1.47 bits per heavy atom. The van der Waals surface area contributed by atoms with Crippen LogP contribution in [-0.2, 0) is 6.61 Å². The van der Waals surface area contributed by atoms with Gasteiger partial charge in [0.2, 0.25) is 0 Å². The van der Waals surface area contributed by atoms with Crippen LogP contribution in [0.1, 0.15) is 25.9 Å². The Labute approximate surface area is 119 Å². The smallest absolute Gasteiger partial charge is 0.339 e. The number of para-hydroxylation sites is 1. The largest absolute Gasteiger partial charge is 0.484 e. The van der Waals surface area contributed by atoms with E-state index in [0.717, 1.165) is 15.6 Å². The first-order valence-corrected chi connectivity index (χ1v) is 6.76. The fourth-order valence-electron chi connectivity index (χ4n) is 1.56. The maximum Gasteiger partial charge on any atom is 0.339 e. The van der Waals surface area contributed by atoms with Crippen molar-refractivity contribution in [1.29, 1.82) is 0 Å². The van der Waals surface area contributed by atoms with Crippen LogP contribution in [0.5, 0.6) is 5.75 Å². The van der Waals surface area contributed by atoms with E-state index in [2.05, 4.69) is 4.98 Å². The molecule has 0 spiro atoms. The van der Waals surface area contributed by atoms with Crippen LogP contribution in [0.3, 0.4) is 0 Å². The van der Waals surface area contributed by atoms with E-state index >= 15 is 0 Å². The normalized spacial score (nSPS) is 10.5. The molecule has 1 heterocycles. The summed E-state index contributed by atoms with van der Waals surface area (Å²) in [6, 6.07) is 4.64. The number of hydrogen-bond donors (Lipinski definition) is 1. The lowest BCUT2D eigenvalue weighted by Gasteiger charge is -2.09. The van der Waals surface area contributed by atoms with Gasteiger partial charge < -0.3 is 9.84 Å². The third-order valence-electron chi connectivity index (χ3n) is 2.61. The Bertz CT molecular complexity index is 605. The van der Waals surface area contributed by atoms with Crippen LogP contribution < -0.4 is 4.74 Å². The first-order chi connectivity index (χ1) is 8.99. The minimum absolute atomic E-state index is 0.0532. The first kappa shape index (κ1) is 13.8. The summed E-state index contributed by atoms with van der Waals surface area (Å²) in [6.07, 6.45) is 0. The number of aromatic carboxylic acids is 1. The summed E-state index contributed by atoms with van der Waals surface area (Å²) in [5.74, 6) is -0.883. The number of ether oxygens (including phenoxy) is 1. The van der Waals surface area contributed by atoms with Gasteiger partial charge in [0.05, 0.1) is 10.7 Å². The number of hydrogen-bond acceptors (Lipinski definition) is 4. The van der Waals surface area contributed by atoms with E-state index in [1.54, 1.807) is 12.1 Å². The molecule has 0 saturated heterocycles. The molecular formula is C13H12ClNO3S. The number of carbonyl (C=O) groups is 1. The second-order valence-corrected chi connectivity index (χ2v) is 5.65. The van der Waals surface area contributed by atoms with Crippen molar-refractivity contribution in [3.05, 3.63) is 44.4 Å². The number of thiazole rings is 1. The highest BCUT2D eigenvalue weighted by Gasteiger charge is 2.15. The SMILES string of the molecule is Cc1nc(COc2c(Cl)cccc2C(=O)O)sc1C. The molecule has 0 radical (unpaired) electrons. The summed E-state index contributed by atoms with van der Waals surface area (Å²) in [4.78, 5) is 16.5. The predicted molar refractivity (Wildman–Crippen MR) is 74.3 cm³/mol. The fourth-order valence-corrected chi connectivity index (χ4v) is 2.64. The molecule has 2 rings (SSSR count). The number of aromatic nitrogens is 1. The predicted octanol–water partition coefficient (Wildman–Crippen LogP) is 3.69. The van der Waals surface area contributed by atoms with Crippen molar-refractivity contribution in [1.82, 2.24) is 4.98 Å². The molecule has 0 saturated carbocycles. The Balaban J connectivity index is 2.21. The van der Waals surface area contributed by atoms with Crippen molar-refractivity contribution in [2.45, 2.75) is 20.5 Å². The van der Waals surface area contributed by atoms with E-state index in [4.69, 9.17) is 21.4 Å². The van der Waals surface area contributed by atoms with Gasteiger partial charge in [-0.1, -0.05) is 17.7 Å². The summed E-state index contributed by atoms with van der Waals surface area (Å²) in [5.41, 5.74) is 1.01. The van der Waals surface area contributed by atoms with Gasteiger partial charge in [0, 0.05) is 4.88 Å². The monoisotopic (exact) mass is 297 g/mol. The number of benzene rings is 1. The van der Waals surface area contributed by atoms with Crippen LogP contribution in [-0.4, -0.2) is 16.1 Å². The second kappa shape index (κ2) is 5.59. The van der Waals surface area contributed by atoms with Gasteiger partial charge in [-0.15, -0.1) is 11.3 Å². The standard InChI is InChI=1S/C13H12ClNO3S/c1-7-8(2)19-11(15-7)6-18-12-9(13(16)17)4-3-5-10(12)14/h3-5H,6H2,1-2H3,(H,16,17). The van der Waals surface area contributed by atoms with Gasteiger partial charge in [-0.05, 0) is 26.0 Å². The molecular weight excluding hydrogens is 286 g/mol. The van der Waals surface area contributed by atoms with Gasteiger partial charge in [-0.2, -0.15) is 0 Å². The highest BCUT2D eigenvalue weighted by atomic mass is 35.5. The number of carboxylic acids is 1. The number of aryl methyl sites for hydroxylation is 2. The molecule has 1 aromatic heterocycles. The Morgan fingerprint density at radius 2 is 2.21 bits per heavy atom. The minimum Gasteiger partial charge on any atom is -0.484 e. The van der Waals surface area contributed by atoms with E-state index in [1.807, 2.05) is 13.8 Å². The number of rotatable bonds is 4. The van der Waals surface area contributed by atoms with Crippen LogP contribution >= 0.6 is 22.9 Å². The fraction of sp³-hybridized carbons (Fsp3) is 0.231. The molecule has 19 heavy (non-hydrogen) atoms. The lowest BCUT2D eigenvalue weighted by molar-refractivity contribution is 0.0691. The number of nitrogens with zero attached hydrogens (tertiary/aromatic N) is 1. The van der Waals surface area contributed by atoms with E-state index in [-0.39, 0.29) is 22.9 Å². The summed E-state index contributed by atoms with van der Waals surface area (Å²) in [5, 5.41) is 10.2. The van der Waals surface area contributed by atoms with Crippen molar-refractivity contribution < 1.29 is 14.6 Å². The highest BCUT2D eigenvalue weighted by molar-refractivity contribution is 7.11. The number of halogens is 1. The molecule has 6 heteroatoms. The lowest BCUT2D eigenvalue weighted by Crippen LogP contribution is -2.03. The third kappa shape index (κ3) is 3.05. The first-order valence-electron chi connectivity index (χ1n) is 5.56. The van der Waals surface area contributed by atoms with Crippen molar-refractivity contribution >= 4 is 28.9 Å². The molecule has 0 bridgehead atoms. The minimum atomic E-state index is -1.07. The van der Waals surface area contributed by atoms with E-state index in [0.29, 0.717) is 0 Å². The summed E-state index contributed by atoms with van der Waals surface area (Å²) >= 11 is 7.50. The van der Waals surface area contributed by atoms with Crippen LogP contribution in [0, 0.1) is 13.8 Å². The van der Waals surface area contributed by atoms with E-state index in [9.17, 15) is 4.79 Å². The molecule has 1 aromatic carbocycles.